The molecule has 0 radical (unpaired) electrons. The van der Waals surface area contributed by atoms with Crippen molar-refractivity contribution in [3.05, 3.63) is 41.5 Å². The summed E-state index contributed by atoms with van der Waals surface area (Å²) < 4.78 is 12.9. The molecule has 0 spiro atoms. The van der Waals surface area contributed by atoms with Crippen LogP contribution in [0, 0.1) is 0 Å². The topological polar surface area (TPSA) is 18.5 Å². The summed E-state index contributed by atoms with van der Waals surface area (Å²) in [5, 5.41) is 0. The molecule has 1 aliphatic heterocycles. The maximum Gasteiger partial charge on any atom is 0.574 e. The third-order valence-electron chi connectivity index (χ3n) is 4.36. The van der Waals surface area contributed by atoms with Crippen molar-refractivity contribution in [2.45, 2.75) is 58.5 Å². The van der Waals surface area contributed by atoms with Crippen LogP contribution in [-0.2, 0) is 15.7 Å². The lowest BCUT2D eigenvalue weighted by Gasteiger charge is -2.15. The minimum absolute atomic E-state index is 0.320. The molecule has 0 bridgehead atoms. The Labute approximate surface area is 153 Å². The fourth-order valence-electron chi connectivity index (χ4n) is 2.73. The molecular formula is C19H25BO2S2. The van der Waals surface area contributed by atoms with Crippen molar-refractivity contribution in [1.82, 2.24) is 0 Å². The molecule has 128 valence electrons. The number of hydrogen-bond donors (Lipinski definition) is 0. The second kappa shape index (κ2) is 7.46. The normalized spacial score (nSPS) is 16.6. The van der Waals surface area contributed by atoms with Gasteiger partial charge in [-0.05, 0) is 51.0 Å². The van der Waals surface area contributed by atoms with E-state index in [2.05, 4.69) is 37.8 Å². The highest BCUT2D eigenvalue weighted by Crippen LogP contribution is 2.34. The molecule has 2 aromatic heterocycles. The quantitative estimate of drug-likeness (QED) is 0.470. The van der Waals surface area contributed by atoms with Crippen molar-refractivity contribution in [2.24, 2.45) is 0 Å². The van der Waals surface area contributed by atoms with Gasteiger partial charge in [-0.25, -0.2) is 0 Å². The molecule has 0 amide bonds. The Kier molecular flexibility index (Phi) is 5.53. The first-order chi connectivity index (χ1) is 11.5. The van der Waals surface area contributed by atoms with Gasteiger partial charge in [-0.1, -0.05) is 32.8 Å². The van der Waals surface area contributed by atoms with Gasteiger partial charge in [0.05, 0.1) is 10.5 Å². The lowest BCUT2D eigenvalue weighted by Crippen LogP contribution is -2.32. The maximum absolute atomic E-state index is 5.97. The van der Waals surface area contributed by atoms with Crippen LogP contribution in [0.3, 0.4) is 0 Å². The molecule has 0 aromatic carbocycles. The molecule has 3 rings (SSSR count). The van der Waals surface area contributed by atoms with Crippen LogP contribution < -0.4 is 4.78 Å². The Morgan fingerprint density at radius 2 is 1.79 bits per heavy atom. The zero-order valence-electron chi connectivity index (χ0n) is 14.8. The molecule has 0 atom stereocenters. The molecule has 2 aromatic rings. The molecule has 1 saturated heterocycles. The Balaban J connectivity index is 1.64. The zero-order valence-corrected chi connectivity index (χ0v) is 16.4. The molecule has 0 unspecified atom stereocenters. The minimum atomic E-state index is -0.413. The number of aryl methyl sites for hydroxylation is 1. The van der Waals surface area contributed by atoms with E-state index < -0.39 is 5.60 Å². The average molecular weight is 360 g/mol. The summed E-state index contributed by atoms with van der Waals surface area (Å²) in [5.74, 6) is 0.702. The van der Waals surface area contributed by atoms with E-state index in [0.717, 1.165) is 4.78 Å². The highest BCUT2D eigenvalue weighted by atomic mass is 32.1. The van der Waals surface area contributed by atoms with Gasteiger partial charge in [-0.15, -0.1) is 22.7 Å². The first kappa shape index (κ1) is 17.8. The molecule has 0 N–H and O–H groups in total. The lowest BCUT2D eigenvalue weighted by molar-refractivity contribution is 0.173. The summed E-state index contributed by atoms with van der Waals surface area (Å²) in [6, 6.07) is 8.81. The van der Waals surface area contributed by atoms with Gasteiger partial charge in [0, 0.05) is 14.6 Å². The Bertz CT molecular complexity index is 702. The maximum atomic E-state index is 5.97. The van der Waals surface area contributed by atoms with Crippen molar-refractivity contribution in [3.63, 3.8) is 0 Å². The van der Waals surface area contributed by atoms with E-state index in [1.54, 1.807) is 11.3 Å². The van der Waals surface area contributed by atoms with Crippen LogP contribution in [0.25, 0.3) is 9.75 Å². The van der Waals surface area contributed by atoms with Gasteiger partial charge in [0.2, 0.25) is 0 Å². The summed E-state index contributed by atoms with van der Waals surface area (Å²) in [7, 11) is -0.320. The zero-order chi connectivity index (χ0) is 17.2. The monoisotopic (exact) mass is 360 g/mol. The molecular weight excluding hydrogens is 335 g/mol. The molecule has 2 nitrogen and oxygen atoms in total. The third kappa shape index (κ3) is 3.96. The fourth-order valence-corrected chi connectivity index (χ4v) is 4.83. The number of hydrogen-bond acceptors (Lipinski definition) is 4. The third-order valence-corrected chi connectivity index (χ3v) is 6.81. The molecule has 24 heavy (non-hydrogen) atoms. The Morgan fingerprint density at radius 1 is 1.04 bits per heavy atom. The van der Waals surface area contributed by atoms with Crippen LogP contribution in [0.1, 0.15) is 51.3 Å². The van der Waals surface area contributed by atoms with Gasteiger partial charge in [-0.3, -0.25) is 0 Å². The van der Waals surface area contributed by atoms with Crippen LogP contribution in [-0.4, -0.2) is 12.7 Å². The van der Waals surface area contributed by atoms with E-state index in [9.17, 15) is 0 Å². The van der Waals surface area contributed by atoms with Crippen molar-refractivity contribution in [3.8, 4) is 9.75 Å². The van der Waals surface area contributed by atoms with Gasteiger partial charge in [0.1, 0.15) is 5.60 Å². The van der Waals surface area contributed by atoms with Crippen LogP contribution >= 0.6 is 22.7 Å². The summed E-state index contributed by atoms with van der Waals surface area (Å²) >= 11 is 3.66. The summed E-state index contributed by atoms with van der Waals surface area (Å²) in [6.07, 6.45) is 6.47. The van der Waals surface area contributed by atoms with E-state index >= 15 is 0 Å². The first-order valence-corrected chi connectivity index (χ1v) is 10.4. The van der Waals surface area contributed by atoms with E-state index in [0.29, 0.717) is 5.76 Å². The van der Waals surface area contributed by atoms with Crippen LogP contribution in [0.15, 0.2) is 36.6 Å². The Hall–Kier alpha value is -1.04. The van der Waals surface area contributed by atoms with Crippen molar-refractivity contribution in [2.75, 3.05) is 0 Å². The highest BCUT2D eigenvalue weighted by molar-refractivity contribution is 7.28. The van der Waals surface area contributed by atoms with E-state index in [1.807, 2.05) is 25.2 Å². The smallest absolute Gasteiger partial charge is 0.533 e. The van der Waals surface area contributed by atoms with Crippen molar-refractivity contribution < 1.29 is 9.31 Å². The van der Waals surface area contributed by atoms with E-state index in [-0.39, 0.29) is 7.12 Å². The average Bonchev–Trinajstić information content (AvgIpc) is 3.24. The van der Waals surface area contributed by atoms with Gasteiger partial charge in [-0.2, -0.15) is 0 Å². The van der Waals surface area contributed by atoms with Crippen LogP contribution in [0.2, 0.25) is 0 Å². The lowest BCUT2D eigenvalue weighted by atomic mass is 9.88. The molecule has 3 heterocycles. The van der Waals surface area contributed by atoms with Gasteiger partial charge in [0.15, 0.2) is 0 Å². The second-order valence-electron chi connectivity index (χ2n) is 6.78. The predicted molar refractivity (Wildman–Crippen MR) is 106 cm³/mol. The van der Waals surface area contributed by atoms with Crippen LogP contribution in [0.4, 0.5) is 0 Å². The van der Waals surface area contributed by atoms with Gasteiger partial charge < -0.3 is 9.31 Å². The molecule has 1 aliphatic rings. The largest absolute Gasteiger partial charge is 0.574 e. The first-order valence-electron chi connectivity index (χ1n) is 8.72. The number of thiophene rings is 2. The molecule has 0 aliphatic carbocycles. The second-order valence-corrected chi connectivity index (χ2v) is 9.06. The molecule has 0 saturated carbocycles. The van der Waals surface area contributed by atoms with E-state index in [4.69, 9.17) is 9.31 Å². The van der Waals surface area contributed by atoms with Gasteiger partial charge in [0.25, 0.3) is 0 Å². The van der Waals surface area contributed by atoms with Crippen molar-refractivity contribution >= 4 is 34.6 Å². The van der Waals surface area contributed by atoms with Gasteiger partial charge >= 0.3 is 7.12 Å². The minimum Gasteiger partial charge on any atom is -0.533 e. The molecule has 5 heteroatoms. The van der Waals surface area contributed by atoms with E-state index in [1.165, 1.54) is 46.7 Å². The standard InChI is InChI=1S/C19H25BO2S2/c1-5-6-7-8-9-15-10-11-16(23-15)17-12-13-18(24-17)20-21-14(2)19(3,4)22-20/h10-13H,2,5-9H2,1,3-4H3. The van der Waals surface area contributed by atoms with Crippen molar-refractivity contribution in [1.29, 1.82) is 0 Å². The van der Waals surface area contributed by atoms with Crippen LogP contribution in [0.5, 0.6) is 0 Å². The summed E-state index contributed by atoms with van der Waals surface area (Å²) in [6.45, 7) is 10.2. The highest BCUT2D eigenvalue weighted by Gasteiger charge is 2.43. The Morgan fingerprint density at radius 3 is 2.50 bits per heavy atom. The summed E-state index contributed by atoms with van der Waals surface area (Å²) in [4.78, 5) is 4.11. The summed E-state index contributed by atoms with van der Waals surface area (Å²) in [5.41, 5.74) is -0.413. The fraction of sp³-hybridized carbons (Fsp3) is 0.474. The molecule has 1 fully saturated rings. The predicted octanol–water partition coefficient (Wildman–Crippen LogP) is 5.63. The SMILES string of the molecule is C=C1OB(c2ccc(-c3ccc(CCCCCC)s3)s2)OC1(C)C. The number of unbranched alkanes of at least 4 members (excludes halogenated alkanes) is 3. The number of rotatable bonds is 7.